The van der Waals surface area contributed by atoms with Crippen LogP contribution in [0.5, 0.6) is 0 Å². The molecular weight excluding hydrogens is 485 g/mol. The van der Waals surface area contributed by atoms with E-state index in [9.17, 15) is 23.1 Å². The molecule has 0 aliphatic rings. The van der Waals surface area contributed by atoms with Gasteiger partial charge in [-0.1, -0.05) is 40.5 Å². The first-order chi connectivity index (χ1) is 16.9. The number of carboxylic acid groups (broad SMARTS) is 1. The number of alkyl halides is 3. The fraction of sp³-hybridized carbons (Fsp3) is 0.500. The first kappa shape index (κ1) is 31.5. The first-order valence-corrected chi connectivity index (χ1v) is 13.2. The highest BCUT2D eigenvalue weighted by atomic mass is 32.2. The molecule has 0 radical (unpaired) electrons. The Morgan fingerprint density at radius 3 is 2.00 bits per heavy atom. The van der Waals surface area contributed by atoms with Crippen molar-refractivity contribution in [1.82, 2.24) is 4.98 Å². The monoisotopic (exact) mass is 524 g/mol. The normalized spacial score (nSPS) is 13.9. The number of nitrogens with zero attached hydrogens (tertiary/aromatic N) is 1. The maximum atomic E-state index is 12.7. The summed E-state index contributed by atoms with van der Waals surface area (Å²) >= 11 is 1.36. The molecule has 0 aromatic carbocycles. The van der Waals surface area contributed by atoms with E-state index in [4.69, 9.17) is 0 Å². The van der Waals surface area contributed by atoms with Crippen molar-refractivity contribution in [3.8, 4) is 0 Å². The molecule has 1 unspecified atom stereocenters. The SMILES string of the molecule is CC(C)=CCCC(C)=CCCC(C)=CCCC(C)=CSCC(Nc1ccc(C(F)(F)F)cn1)C(=O)O. The summed E-state index contributed by atoms with van der Waals surface area (Å²) in [6.07, 6.45) is 9.16. The summed E-state index contributed by atoms with van der Waals surface area (Å²) in [6, 6.07) is 1.05. The number of hydrogen-bond donors (Lipinski definition) is 2. The minimum Gasteiger partial charge on any atom is -0.480 e. The Bertz CT molecular complexity index is 945. The number of anilines is 1. The van der Waals surface area contributed by atoms with Crippen molar-refractivity contribution < 1.29 is 23.1 Å². The van der Waals surface area contributed by atoms with Crippen molar-refractivity contribution >= 4 is 23.5 Å². The number of carboxylic acids is 1. The van der Waals surface area contributed by atoms with Crippen molar-refractivity contribution in [1.29, 1.82) is 0 Å². The van der Waals surface area contributed by atoms with Gasteiger partial charge >= 0.3 is 12.1 Å². The van der Waals surface area contributed by atoms with Gasteiger partial charge in [-0.2, -0.15) is 13.2 Å². The fourth-order valence-corrected chi connectivity index (χ4v) is 4.15. The average molecular weight is 525 g/mol. The molecule has 1 rings (SSSR count). The summed E-state index contributed by atoms with van der Waals surface area (Å²) in [5, 5.41) is 14.1. The molecule has 0 fully saturated rings. The number of aromatic nitrogens is 1. The van der Waals surface area contributed by atoms with Gasteiger partial charge in [0.25, 0.3) is 0 Å². The topological polar surface area (TPSA) is 62.2 Å². The van der Waals surface area contributed by atoms with Crippen molar-refractivity contribution in [2.45, 2.75) is 85.4 Å². The average Bonchev–Trinajstić information content (AvgIpc) is 2.77. The molecule has 1 aromatic heterocycles. The molecule has 1 aromatic rings. The van der Waals surface area contributed by atoms with E-state index in [2.05, 4.69) is 56.2 Å². The van der Waals surface area contributed by atoms with E-state index in [1.165, 1.54) is 28.5 Å². The molecule has 1 heterocycles. The van der Waals surface area contributed by atoms with Crippen LogP contribution >= 0.6 is 11.8 Å². The number of nitrogens with one attached hydrogen (secondary N) is 1. The summed E-state index contributed by atoms with van der Waals surface area (Å²) in [5.74, 6) is -0.769. The molecule has 4 nitrogen and oxygen atoms in total. The van der Waals surface area contributed by atoms with Crippen LogP contribution in [-0.2, 0) is 11.0 Å². The number of pyridine rings is 1. The summed E-state index contributed by atoms with van der Waals surface area (Å²) < 4.78 is 38.0. The Labute approximate surface area is 217 Å². The lowest BCUT2D eigenvalue weighted by Crippen LogP contribution is -2.32. The molecule has 2 N–H and O–H groups in total. The predicted molar refractivity (Wildman–Crippen MR) is 145 cm³/mol. The van der Waals surface area contributed by atoms with Crippen molar-refractivity contribution in [2.75, 3.05) is 11.1 Å². The van der Waals surface area contributed by atoms with Gasteiger partial charge in [0.15, 0.2) is 0 Å². The Balaban J connectivity index is 2.42. The van der Waals surface area contributed by atoms with E-state index in [-0.39, 0.29) is 11.6 Å². The van der Waals surface area contributed by atoms with Gasteiger partial charge in [0.05, 0.1) is 5.56 Å². The second kappa shape index (κ2) is 16.3. The summed E-state index contributed by atoms with van der Waals surface area (Å²) in [5.41, 5.74) is 4.43. The van der Waals surface area contributed by atoms with Crippen LogP contribution in [-0.4, -0.2) is 27.9 Å². The lowest BCUT2D eigenvalue weighted by Gasteiger charge is -2.14. The maximum absolute atomic E-state index is 12.7. The largest absolute Gasteiger partial charge is 0.480 e. The quantitative estimate of drug-likeness (QED) is 0.225. The highest BCUT2D eigenvalue weighted by Gasteiger charge is 2.30. The number of thioether (sulfide) groups is 1. The number of hydrogen-bond acceptors (Lipinski definition) is 4. The first-order valence-electron chi connectivity index (χ1n) is 12.1. The van der Waals surface area contributed by atoms with E-state index >= 15 is 0 Å². The van der Waals surface area contributed by atoms with Crippen LogP contribution in [0.2, 0.25) is 0 Å². The fourth-order valence-electron chi connectivity index (χ4n) is 3.23. The molecule has 0 saturated heterocycles. The van der Waals surface area contributed by atoms with Crippen LogP contribution in [0.3, 0.4) is 0 Å². The van der Waals surface area contributed by atoms with Crippen LogP contribution < -0.4 is 5.32 Å². The van der Waals surface area contributed by atoms with E-state index in [0.29, 0.717) is 6.20 Å². The smallest absolute Gasteiger partial charge is 0.417 e. The van der Waals surface area contributed by atoms with Gasteiger partial charge < -0.3 is 10.4 Å². The molecule has 0 bridgehead atoms. The maximum Gasteiger partial charge on any atom is 0.417 e. The Kier molecular flexibility index (Phi) is 14.3. The summed E-state index contributed by atoms with van der Waals surface area (Å²) in [4.78, 5) is 15.2. The van der Waals surface area contributed by atoms with Gasteiger partial charge in [0.2, 0.25) is 0 Å². The Morgan fingerprint density at radius 1 is 0.972 bits per heavy atom. The van der Waals surface area contributed by atoms with Gasteiger partial charge in [-0.25, -0.2) is 9.78 Å². The zero-order chi connectivity index (χ0) is 27.1. The second-order valence-electron chi connectivity index (χ2n) is 9.26. The van der Waals surface area contributed by atoms with Gasteiger partial charge in [0.1, 0.15) is 11.9 Å². The molecular formula is C28H39F3N2O2S. The molecule has 0 aliphatic carbocycles. The number of aliphatic carboxylic acids is 1. The summed E-state index contributed by atoms with van der Waals surface area (Å²) in [7, 11) is 0. The molecule has 0 aliphatic heterocycles. The van der Waals surface area contributed by atoms with Gasteiger partial charge in [-0.15, -0.1) is 11.8 Å². The van der Waals surface area contributed by atoms with E-state index in [1.807, 2.05) is 12.3 Å². The molecule has 36 heavy (non-hydrogen) atoms. The molecule has 200 valence electrons. The lowest BCUT2D eigenvalue weighted by molar-refractivity contribution is -0.138. The van der Waals surface area contributed by atoms with Crippen LogP contribution in [0.25, 0.3) is 0 Å². The third-order valence-corrected chi connectivity index (χ3v) is 6.51. The van der Waals surface area contributed by atoms with E-state index < -0.39 is 23.8 Å². The predicted octanol–water partition coefficient (Wildman–Crippen LogP) is 8.80. The van der Waals surface area contributed by atoms with Crippen molar-refractivity contribution in [3.63, 3.8) is 0 Å². The second-order valence-corrected chi connectivity index (χ2v) is 10.2. The third kappa shape index (κ3) is 14.2. The van der Waals surface area contributed by atoms with Crippen LogP contribution in [0, 0.1) is 0 Å². The Morgan fingerprint density at radius 2 is 1.53 bits per heavy atom. The minimum absolute atomic E-state index is 0.0928. The number of halogens is 3. The van der Waals surface area contributed by atoms with Crippen LogP contribution in [0.1, 0.15) is 78.7 Å². The molecule has 0 amide bonds. The molecule has 1 atom stereocenters. The Hall–Kier alpha value is -2.48. The van der Waals surface area contributed by atoms with E-state index in [0.717, 1.165) is 56.2 Å². The van der Waals surface area contributed by atoms with Crippen LogP contribution in [0.15, 0.2) is 64.3 Å². The minimum atomic E-state index is -4.48. The zero-order valence-electron chi connectivity index (χ0n) is 21.9. The number of allylic oxidation sites excluding steroid dienone is 7. The van der Waals surface area contributed by atoms with Crippen molar-refractivity contribution in [2.24, 2.45) is 0 Å². The third-order valence-electron chi connectivity index (χ3n) is 5.41. The lowest BCUT2D eigenvalue weighted by atomic mass is 10.0. The van der Waals surface area contributed by atoms with Crippen LogP contribution in [0.4, 0.5) is 19.0 Å². The molecule has 8 heteroatoms. The summed E-state index contributed by atoms with van der Waals surface area (Å²) in [6.45, 7) is 10.6. The zero-order valence-corrected chi connectivity index (χ0v) is 22.7. The molecule has 0 saturated carbocycles. The van der Waals surface area contributed by atoms with Gasteiger partial charge in [-0.05, 0) is 90.7 Å². The van der Waals surface area contributed by atoms with Crippen molar-refractivity contribution in [3.05, 3.63) is 69.8 Å². The number of carbonyl (C=O) groups is 1. The highest BCUT2D eigenvalue weighted by Crippen LogP contribution is 2.29. The molecule has 0 spiro atoms. The number of rotatable bonds is 15. The standard InChI is InChI=1S/C28H39F3N2O2S/c1-20(2)9-6-10-21(3)11-7-12-22(4)13-8-14-23(5)18-36-19-25(27(34)35)33-26-16-15-24(17-32-26)28(29,30)31/h9,11,13,15-18,25H,6-8,10,12,14,19H2,1-5H3,(H,32,33)(H,34,35). The highest BCUT2D eigenvalue weighted by molar-refractivity contribution is 8.02. The van der Waals surface area contributed by atoms with Gasteiger partial charge in [-0.3, -0.25) is 0 Å². The van der Waals surface area contributed by atoms with Gasteiger partial charge in [0, 0.05) is 11.9 Å². The van der Waals surface area contributed by atoms with E-state index in [1.54, 1.807) is 0 Å².